The van der Waals surface area contributed by atoms with Crippen LogP contribution in [0.15, 0.2) is 30.5 Å². The van der Waals surface area contributed by atoms with E-state index in [1.165, 1.54) is 53.5 Å². The van der Waals surface area contributed by atoms with E-state index in [-0.39, 0.29) is 0 Å². The maximum atomic E-state index is 4.97. The first-order valence-corrected chi connectivity index (χ1v) is 9.97. The highest BCUT2D eigenvalue weighted by Gasteiger charge is 2.25. The average Bonchev–Trinajstić information content (AvgIpc) is 3.38. The van der Waals surface area contributed by atoms with Gasteiger partial charge in [0, 0.05) is 42.7 Å². The Labute approximate surface area is 159 Å². The fourth-order valence-electron chi connectivity index (χ4n) is 4.43. The molecule has 1 aliphatic carbocycles. The quantitative estimate of drug-likeness (QED) is 0.731. The predicted molar refractivity (Wildman–Crippen MR) is 108 cm³/mol. The smallest absolute Gasteiger partial charge is 0.134 e. The molecule has 2 N–H and O–H groups in total. The zero-order chi connectivity index (χ0) is 18.2. The van der Waals surface area contributed by atoms with E-state index >= 15 is 0 Å². The second kappa shape index (κ2) is 6.89. The van der Waals surface area contributed by atoms with Crippen LogP contribution in [0.25, 0.3) is 10.9 Å². The summed E-state index contributed by atoms with van der Waals surface area (Å²) in [7, 11) is 0. The molecule has 0 unspecified atom stereocenters. The van der Waals surface area contributed by atoms with Crippen molar-refractivity contribution in [3.8, 4) is 0 Å². The van der Waals surface area contributed by atoms with Gasteiger partial charge < -0.3 is 10.6 Å². The fourth-order valence-corrected chi connectivity index (χ4v) is 4.43. The number of pyridine rings is 1. The second-order valence-corrected chi connectivity index (χ2v) is 7.73. The molecule has 2 aliphatic rings. The van der Waals surface area contributed by atoms with Gasteiger partial charge in [-0.25, -0.2) is 9.97 Å². The lowest BCUT2D eigenvalue weighted by molar-refractivity contribution is 0.660. The first kappa shape index (κ1) is 16.6. The Kier molecular flexibility index (Phi) is 4.24. The summed E-state index contributed by atoms with van der Waals surface area (Å²) in [6, 6.07) is 8.42. The number of nitrogens with zero attached hydrogens (tertiary/aromatic N) is 3. The highest BCUT2D eigenvalue weighted by molar-refractivity contribution is 5.83. The summed E-state index contributed by atoms with van der Waals surface area (Å²) < 4.78 is 0. The molecule has 0 radical (unpaired) electrons. The maximum Gasteiger partial charge on any atom is 0.134 e. The molecule has 5 rings (SSSR count). The summed E-state index contributed by atoms with van der Waals surface area (Å²) in [5.41, 5.74) is 6.02. The Bertz CT molecular complexity index is 991. The highest BCUT2D eigenvalue weighted by atomic mass is 15.1. The molecule has 0 saturated heterocycles. The van der Waals surface area contributed by atoms with Gasteiger partial charge >= 0.3 is 0 Å². The van der Waals surface area contributed by atoms with Crippen LogP contribution in [-0.2, 0) is 19.6 Å². The minimum atomic E-state index is 0.528. The van der Waals surface area contributed by atoms with Crippen molar-refractivity contribution in [1.29, 1.82) is 0 Å². The van der Waals surface area contributed by atoms with Crippen LogP contribution in [0.3, 0.4) is 0 Å². The van der Waals surface area contributed by atoms with E-state index in [9.17, 15) is 0 Å². The van der Waals surface area contributed by atoms with E-state index in [0.29, 0.717) is 5.92 Å². The van der Waals surface area contributed by atoms with Crippen LogP contribution in [0.1, 0.15) is 59.8 Å². The number of hydrogen-bond donors (Lipinski definition) is 2. The SMILES string of the molecule is Cc1ccc2ncccc2c1CNc1nc(C2CCCC2)nc2c1CNC2. The van der Waals surface area contributed by atoms with Gasteiger partial charge in [-0.3, -0.25) is 4.98 Å². The molecule has 1 aliphatic heterocycles. The molecule has 138 valence electrons. The van der Waals surface area contributed by atoms with Crippen LogP contribution in [0.2, 0.25) is 0 Å². The molecule has 1 aromatic carbocycles. The maximum absolute atomic E-state index is 4.97. The number of nitrogens with one attached hydrogen (secondary N) is 2. The standard InChI is InChI=1S/C22H25N5/c1-14-8-9-19-16(7-4-10-24-19)17(14)12-25-22-18-11-23-13-20(18)26-21(27-22)15-5-2-3-6-15/h4,7-10,15,23H,2-3,5-6,11-13H2,1H3,(H,25,26,27). The van der Waals surface area contributed by atoms with Gasteiger partial charge in [0.25, 0.3) is 0 Å². The first-order chi connectivity index (χ1) is 13.3. The van der Waals surface area contributed by atoms with Gasteiger partial charge in [-0.2, -0.15) is 0 Å². The van der Waals surface area contributed by atoms with Gasteiger partial charge in [-0.05, 0) is 43.0 Å². The number of aromatic nitrogens is 3. The minimum absolute atomic E-state index is 0.528. The van der Waals surface area contributed by atoms with Gasteiger partial charge in [0.1, 0.15) is 11.6 Å². The third kappa shape index (κ3) is 3.06. The first-order valence-electron chi connectivity index (χ1n) is 9.97. The number of benzene rings is 1. The Hall–Kier alpha value is -2.53. The monoisotopic (exact) mass is 359 g/mol. The topological polar surface area (TPSA) is 62.7 Å². The van der Waals surface area contributed by atoms with Crippen molar-refractivity contribution >= 4 is 16.7 Å². The van der Waals surface area contributed by atoms with Crippen LogP contribution in [0, 0.1) is 6.92 Å². The van der Waals surface area contributed by atoms with E-state index in [4.69, 9.17) is 9.97 Å². The van der Waals surface area contributed by atoms with E-state index in [1.54, 1.807) is 0 Å². The summed E-state index contributed by atoms with van der Waals surface area (Å²) in [4.78, 5) is 14.4. The zero-order valence-electron chi connectivity index (χ0n) is 15.8. The molecule has 0 bridgehead atoms. The van der Waals surface area contributed by atoms with Crippen LogP contribution in [-0.4, -0.2) is 15.0 Å². The predicted octanol–water partition coefficient (Wildman–Crippen LogP) is 4.21. The fraction of sp³-hybridized carbons (Fsp3) is 0.409. The minimum Gasteiger partial charge on any atom is -0.366 e. The number of aryl methyl sites for hydroxylation is 1. The molecule has 3 heterocycles. The van der Waals surface area contributed by atoms with E-state index in [1.807, 2.05) is 12.3 Å². The van der Waals surface area contributed by atoms with Crippen LogP contribution >= 0.6 is 0 Å². The largest absolute Gasteiger partial charge is 0.366 e. The summed E-state index contributed by atoms with van der Waals surface area (Å²) in [5.74, 6) is 2.57. The van der Waals surface area contributed by atoms with Crippen molar-refractivity contribution in [3.05, 3.63) is 58.7 Å². The van der Waals surface area contributed by atoms with Crippen LogP contribution in [0.4, 0.5) is 5.82 Å². The van der Waals surface area contributed by atoms with Crippen molar-refractivity contribution in [2.75, 3.05) is 5.32 Å². The van der Waals surface area contributed by atoms with Gasteiger partial charge in [0.05, 0.1) is 11.2 Å². The summed E-state index contributed by atoms with van der Waals surface area (Å²) in [6.45, 7) is 4.62. The number of anilines is 1. The molecular formula is C22H25N5. The summed E-state index contributed by atoms with van der Waals surface area (Å²) >= 11 is 0. The Morgan fingerprint density at radius 1 is 1.11 bits per heavy atom. The third-order valence-electron chi connectivity index (χ3n) is 5.99. The number of fused-ring (bicyclic) bond motifs is 2. The summed E-state index contributed by atoms with van der Waals surface area (Å²) in [6.07, 6.45) is 6.90. The highest BCUT2D eigenvalue weighted by Crippen LogP contribution is 2.34. The van der Waals surface area contributed by atoms with Crippen molar-refractivity contribution in [2.45, 2.75) is 58.2 Å². The normalized spacial score (nSPS) is 16.8. The van der Waals surface area contributed by atoms with E-state index in [0.717, 1.165) is 36.8 Å². The van der Waals surface area contributed by atoms with Crippen molar-refractivity contribution < 1.29 is 0 Å². The lowest BCUT2D eigenvalue weighted by Gasteiger charge is -2.16. The van der Waals surface area contributed by atoms with Gasteiger partial charge in [-0.1, -0.05) is 25.0 Å². The molecule has 0 amide bonds. The molecule has 5 nitrogen and oxygen atoms in total. The Morgan fingerprint density at radius 3 is 2.89 bits per heavy atom. The Morgan fingerprint density at radius 2 is 2.00 bits per heavy atom. The lowest BCUT2D eigenvalue weighted by atomic mass is 10.0. The van der Waals surface area contributed by atoms with E-state index in [2.05, 4.69) is 40.7 Å². The molecule has 0 spiro atoms. The molecule has 0 atom stereocenters. The Balaban J connectivity index is 1.49. The van der Waals surface area contributed by atoms with Crippen LogP contribution < -0.4 is 10.6 Å². The van der Waals surface area contributed by atoms with Gasteiger partial charge in [0.2, 0.25) is 0 Å². The average molecular weight is 359 g/mol. The molecule has 5 heteroatoms. The molecule has 1 saturated carbocycles. The van der Waals surface area contributed by atoms with E-state index < -0.39 is 0 Å². The molecule has 1 fully saturated rings. The molecular weight excluding hydrogens is 334 g/mol. The van der Waals surface area contributed by atoms with Crippen molar-refractivity contribution in [1.82, 2.24) is 20.3 Å². The van der Waals surface area contributed by atoms with Gasteiger partial charge in [0.15, 0.2) is 0 Å². The zero-order valence-corrected chi connectivity index (χ0v) is 15.8. The summed E-state index contributed by atoms with van der Waals surface area (Å²) in [5, 5.41) is 8.28. The third-order valence-corrected chi connectivity index (χ3v) is 5.99. The van der Waals surface area contributed by atoms with Crippen LogP contribution in [0.5, 0.6) is 0 Å². The lowest BCUT2D eigenvalue weighted by Crippen LogP contribution is -2.11. The van der Waals surface area contributed by atoms with Crippen molar-refractivity contribution in [2.24, 2.45) is 0 Å². The van der Waals surface area contributed by atoms with Crippen molar-refractivity contribution in [3.63, 3.8) is 0 Å². The molecule has 27 heavy (non-hydrogen) atoms. The molecule has 2 aromatic heterocycles. The second-order valence-electron chi connectivity index (χ2n) is 7.73. The molecule has 3 aromatic rings. The number of rotatable bonds is 4. The number of hydrogen-bond acceptors (Lipinski definition) is 5. The van der Waals surface area contributed by atoms with Gasteiger partial charge in [-0.15, -0.1) is 0 Å².